The number of carbonyl (C=O) groups excluding carboxylic acids is 2. The first-order valence-electron chi connectivity index (χ1n) is 10.4. The zero-order valence-electron chi connectivity index (χ0n) is 17.8. The van der Waals surface area contributed by atoms with Gasteiger partial charge < -0.3 is 14.3 Å². The van der Waals surface area contributed by atoms with Crippen molar-refractivity contribution in [3.05, 3.63) is 72.2 Å². The molecule has 0 saturated carbocycles. The van der Waals surface area contributed by atoms with E-state index in [9.17, 15) is 9.59 Å². The number of nitrogens with zero attached hydrogens (tertiary/aromatic N) is 4. The minimum atomic E-state index is -0.752. The van der Waals surface area contributed by atoms with Crippen LogP contribution in [-0.2, 0) is 11.2 Å². The number of piperidine rings is 1. The molecular formula is C24H26N4O3. The van der Waals surface area contributed by atoms with Crippen LogP contribution in [0.4, 0.5) is 0 Å². The van der Waals surface area contributed by atoms with Crippen molar-refractivity contribution in [1.82, 2.24) is 19.9 Å². The Kier molecular flexibility index (Phi) is 5.84. The van der Waals surface area contributed by atoms with Crippen LogP contribution in [0, 0.1) is 5.41 Å². The van der Waals surface area contributed by atoms with Gasteiger partial charge in [-0.05, 0) is 25.0 Å². The number of benzene rings is 1. The van der Waals surface area contributed by atoms with Crippen molar-refractivity contribution < 1.29 is 14.1 Å². The molecule has 1 atom stereocenters. The summed E-state index contributed by atoms with van der Waals surface area (Å²) in [7, 11) is 3.51. The summed E-state index contributed by atoms with van der Waals surface area (Å²) in [5.74, 6) is 0.560. The van der Waals surface area contributed by atoms with E-state index in [2.05, 4.69) is 10.1 Å². The summed E-state index contributed by atoms with van der Waals surface area (Å²) in [6, 6.07) is 15.1. The molecule has 1 fully saturated rings. The Morgan fingerprint density at radius 2 is 1.87 bits per heavy atom. The van der Waals surface area contributed by atoms with E-state index in [1.54, 1.807) is 48.4 Å². The van der Waals surface area contributed by atoms with Gasteiger partial charge in [-0.25, -0.2) is 0 Å². The number of amides is 2. The van der Waals surface area contributed by atoms with Gasteiger partial charge in [0.1, 0.15) is 11.5 Å². The first-order valence-corrected chi connectivity index (χ1v) is 10.4. The topological polar surface area (TPSA) is 79.5 Å². The van der Waals surface area contributed by atoms with E-state index in [0.717, 1.165) is 17.7 Å². The maximum atomic E-state index is 13.3. The summed E-state index contributed by atoms with van der Waals surface area (Å²) >= 11 is 0. The Morgan fingerprint density at radius 3 is 2.58 bits per heavy atom. The van der Waals surface area contributed by atoms with Crippen LogP contribution >= 0.6 is 0 Å². The van der Waals surface area contributed by atoms with Crippen LogP contribution in [0.5, 0.6) is 0 Å². The first kappa shape index (κ1) is 20.8. The lowest BCUT2D eigenvalue weighted by Crippen LogP contribution is -2.54. The molecule has 31 heavy (non-hydrogen) atoms. The van der Waals surface area contributed by atoms with Gasteiger partial charge in [-0.15, -0.1) is 0 Å². The van der Waals surface area contributed by atoms with E-state index in [1.807, 2.05) is 36.4 Å². The summed E-state index contributed by atoms with van der Waals surface area (Å²) in [5.41, 5.74) is 1.53. The molecule has 2 aromatic heterocycles. The summed E-state index contributed by atoms with van der Waals surface area (Å²) in [6.07, 6.45) is 5.04. The number of hydrogen-bond donors (Lipinski definition) is 0. The van der Waals surface area contributed by atoms with Gasteiger partial charge in [0.25, 0.3) is 5.91 Å². The highest BCUT2D eigenvalue weighted by Crippen LogP contribution is 2.37. The van der Waals surface area contributed by atoms with Crippen LogP contribution in [0.3, 0.4) is 0 Å². The first-order chi connectivity index (χ1) is 15.0. The van der Waals surface area contributed by atoms with Crippen molar-refractivity contribution in [3.63, 3.8) is 0 Å². The van der Waals surface area contributed by atoms with E-state index in [0.29, 0.717) is 37.3 Å². The van der Waals surface area contributed by atoms with E-state index in [1.165, 1.54) is 0 Å². The van der Waals surface area contributed by atoms with Gasteiger partial charge in [0, 0.05) is 63.2 Å². The standard InChI is InChI=1S/C24H26N4O3/c1-27(2)23(30)24(16-20-15-21(26-31-20)18-7-4-3-5-8-18)11-6-14-28(17-24)22(29)19-9-12-25-13-10-19/h3-5,7-10,12-13,15H,6,11,14,16-17H2,1-2H3/t24-/m1/s1. The predicted molar refractivity (Wildman–Crippen MR) is 116 cm³/mol. The minimum Gasteiger partial charge on any atom is -0.361 e. The van der Waals surface area contributed by atoms with Gasteiger partial charge in [0.05, 0.1) is 5.41 Å². The second-order valence-electron chi connectivity index (χ2n) is 8.27. The number of rotatable bonds is 5. The van der Waals surface area contributed by atoms with Gasteiger partial charge in [-0.3, -0.25) is 14.6 Å². The Labute approximate surface area is 181 Å². The third kappa shape index (κ3) is 4.35. The smallest absolute Gasteiger partial charge is 0.253 e. The van der Waals surface area contributed by atoms with E-state index < -0.39 is 5.41 Å². The van der Waals surface area contributed by atoms with Crippen LogP contribution in [0.25, 0.3) is 11.3 Å². The summed E-state index contributed by atoms with van der Waals surface area (Å²) in [5, 5.41) is 4.20. The van der Waals surface area contributed by atoms with Gasteiger partial charge >= 0.3 is 0 Å². The third-order valence-electron chi connectivity index (χ3n) is 5.79. The quantitative estimate of drug-likeness (QED) is 0.635. The maximum Gasteiger partial charge on any atom is 0.253 e. The third-order valence-corrected chi connectivity index (χ3v) is 5.79. The van der Waals surface area contributed by atoms with E-state index in [-0.39, 0.29) is 11.8 Å². The molecule has 2 amide bonds. The average molecular weight is 418 g/mol. The average Bonchev–Trinajstić information content (AvgIpc) is 3.27. The van der Waals surface area contributed by atoms with Crippen molar-refractivity contribution >= 4 is 11.8 Å². The van der Waals surface area contributed by atoms with E-state index >= 15 is 0 Å². The molecule has 1 aliphatic rings. The van der Waals surface area contributed by atoms with Crippen LogP contribution in [-0.4, -0.2) is 58.9 Å². The molecule has 3 aromatic rings. The zero-order valence-corrected chi connectivity index (χ0v) is 17.8. The molecule has 0 N–H and O–H groups in total. The number of hydrogen-bond acceptors (Lipinski definition) is 5. The van der Waals surface area contributed by atoms with Gasteiger partial charge in [0.15, 0.2) is 0 Å². The number of pyridine rings is 1. The molecule has 160 valence electrons. The minimum absolute atomic E-state index is 0.00242. The molecule has 0 unspecified atom stereocenters. The lowest BCUT2D eigenvalue weighted by molar-refractivity contribution is -0.142. The van der Waals surface area contributed by atoms with E-state index in [4.69, 9.17) is 4.52 Å². The van der Waals surface area contributed by atoms with Crippen molar-refractivity contribution in [2.75, 3.05) is 27.2 Å². The second kappa shape index (κ2) is 8.71. The largest absolute Gasteiger partial charge is 0.361 e. The molecule has 0 bridgehead atoms. The summed E-state index contributed by atoms with van der Waals surface area (Å²) in [4.78, 5) is 33.7. The van der Waals surface area contributed by atoms with Crippen molar-refractivity contribution in [3.8, 4) is 11.3 Å². The lowest BCUT2D eigenvalue weighted by atomic mass is 9.75. The van der Waals surface area contributed by atoms with Crippen LogP contribution < -0.4 is 0 Å². The van der Waals surface area contributed by atoms with Gasteiger partial charge in [0.2, 0.25) is 5.91 Å². The Bertz CT molecular complexity index is 1050. The molecule has 4 rings (SSSR count). The Balaban J connectivity index is 1.61. The fourth-order valence-electron chi connectivity index (χ4n) is 4.33. The highest BCUT2D eigenvalue weighted by atomic mass is 16.5. The molecule has 1 aromatic carbocycles. The molecular weight excluding hydrogens is 392 g/mol. The lowest BCUT2D eigenvalue weighted by Gasteiger charge is -2.42. The Morgan fingerprint density at radius 1 is 1.13 bits per heavy atom. The SMILES string of the molecule is CN(C)C(=O)[C@@]1(Cc2cc(-c3ccccc3)no2)CCCN(C(=O)c2ccncc2)C1. The molecule has 0 radical (unpaired) electrons. The predicted octanol–water partition coefficient (Wildman–Crippen LogP) is 3.29. The number of likely N-dealkylation sites (tertiary alicyclic amines) is 1. The van der Waals surface area contributed by atoms with Gasteiger partial charge in [-0.2, -0.15) is 0 Å². The highest BCUT2D eigenvalue weighted by Gasteiger charge is 2.45. The Hall–Kier alpha value is -3.48. The normalized spacial score (nSPS) is 18.6. The highest BCUT2D eigenvalue weighted by molar-refractivity contribution is 5.95. The van der Waals surface area contributed by atoms with Crippen molar-refractivity contribution in [2.45, 2.75) is 19.3 Å². The summed E-state index contributed by atoms with van der Waals surface area (Å²) in [6.45, 7) is 0.960. The fourth-order valence-corrected chi connectivity index (χ4v) is 4.33. The molecule has 7 heteroatoms. The number of carbonyl (C=O) groups is 2. The molecule has 0 aliphatic carbocycles. The monoisotopic (exact) mass is 418 g/mol. The van der Waals surface area contributed by atoms with Crippen LogP contribution in [0.2, 0.25) is 0 Å². The zero-order chi connectivity index (χ0) is 21.8. The molecule has 1 aliphatic heterocycles. The molecule has 3 heterocycles. The fraction of sp³-hybridized carbons (Fsp3) is 0.333. The van der Waals surface area contributed by atoms with Crippen LogP contribution in [0.15, 0.2) is 65.4 Å². The summed E-state index contributed by atoms with van der Waals surface area (Å²) < 4.78 is 5.62. The number of aromatic nitrogens is 2. The van der Waals surface area contributed by atoms with Crippen LogP contribution in [0.1, 0.15) is 29.0 Å². The second-order valence-corrected chi connectivity index (χ2v) is 8.27. The molecule has 1 saturated heterocycles. The maximum absolute atomic E-state index is 13.3. The van der Waals surface area contributed by atoms with Crippen molar-refractivity contribution in [2.24, 2.45) is 5.41 Å². The molecule has 0 spiro atoms. The van der Waals surface area contributed by atoms with Crippen molar-refractivity contribution in [1.29, 1.82) is 0 Å². The molecule has 7 nitrogen and oxygen atoms in total. The van der Waals surface area contributed by atoms with Gasteiger partial charge in [-0.1, -0.05) is 35.5 Å².